The summed E-state index contributed by atoms with van der Waals surface area (Å²) in [6, 6.07) is 17.3. The van der Waals surface area contributed by atoms with Crippen LogP contribution in [-0.4, -0.2) is 11.6 Å². The number of rotatable bonds is 3. The third kappa shape index (κ3) is 2.35. The molecule has 1 heterocycles. The van der Waals surface area contributed by atoms with Crippen molar-refractivity contribution in [3.05, 3.63) is 65.7 Å². The van der Waals surface area contributed by atoms with Crippen LogP contribution in [0.1, 0.15) is 43.2 Å². The Morgan fingerprint density at radius 1 is 0.958 bits per heavy atom. The Bertz CT molecular complexity index is 729. The van der Waals surface area contributed by atoms with Gasteiger partial charge in [-0.1, -0.05) is 67.3 Å². The van der Waals surface area contributed by atoms with Crippen molar-refractivity contribution >= 4 is 5.97 Å². The van der Waals surface area contributed by atoms with E-state index in [-0.39, 0.29) is 11.6 Å². The molecule has 3 heteroatoms. The first-order valence-corrected chi connectivity index (χ1v) is 8.71. The highest BCUT2D eigenvalue weighted by Gasteiger charge is 2.76. The minimum Gasteiger partial charge on any atom is -0.424 e. The molecule has 0 N–H and O–H groups in total. The third-order valence-electron chi connectivity index (χ3n) is 5.31. The van der Waals surface area contributed by atoms with Gasteiger partial charge in [0.15, 0.2) is 0 Å². The van der Waals surface area contributed by atoms with Crippen LogP contribution in [0.4, 0.5) is 0 Å². The number of hydrogen-bond donors (Lipinski definition) is 0. The van der Waals surface area contributed by atoms with E-state index in [1.807, 2.05) is 49.4 Å². The minimum atomic E-state index is -0.947. The Hall–Kier alpha value is -2.13. The number of esters is 1. The predicted molar refractivity (Wildman–Crippen MR) is 91.8 cm³/mol. The van der Waals surface area contributed by atoms with Crippen molar-refractivity contribution < 1.29 is 14.3 Å². The lowest BCUT2D eigenvalue weighted by atomic mass is 9.76. The topological polar surface area (TPSA) is 38.8 Å². The highest BCUT2D eigenvalue weighted by Crippen LogP contribution is 2.63. The van der Waals surface area contributed by atoms with E-state index >= 15 is 0 Å². The molecule has 1 unspecified atom stereocenters. The average Bonchev–Trinajstić information content (AvgIpc) is 3.25. The second kappa shape index (κ2) is 5.75. The second-order valence-electron chi connectivity index (χ2n) is 6.91. The number of para-hydroxylation sites is 1. The largest absolute Gasteiger partial charge is 0.424 e. The van der Waals surface area contributed by atoms with Crippen molar-refractivity contribution in [2.24, 2.45) is 0 Å². The van der Waals surface area contributed by atoms with Gasteiger partial charge in [0.1, 0.15) is 11.4 Å². The van der Waals surface area contributed by atoms with Crippen LogP contribution in [0.5, 0.6) is 5.75 Å². The zero-order chi connectivity index (χ0) is 16.6. The zero-order valence-electron chi connectivity index (χ0n) is 14.0. The van der Waals surface area contributed by atoms with Gasteiger partial charge in [0.05, 0.1) is 0 Å². The van der Waals surface area contributed by atoms with Crippen LogP contribution < -0.4 is 4.74 Å². The second-order valence-corrected chi connectivity index (χ2v) is 6.91. The molecule has 0 amide bonds. The summed E-state index contributed by atoms with van der Waals surface area (Å²) in [6.45, 7) is 2.04. The van der Waals surface area contributed by atoms with E-state index in [0.717, 1.165) is 31.2 Å². The van der Waals surface area contributed by atoms with Crippen molar-refractivity contribution in [3.8, 4) is 5.75 Å². The van der Waals surface area contributed by atoms with Gasteiger partial charge in [0, 0.05) is 0 Å². The normalized spacial score (nSPS) is 24.5. The fourth-order valence-corrected chi connectivity index (χ4v) is 3.97. The number of hydrogen-bond acceptors (Lipinski definition) is 3. The highest BCUT2D eigenvalue weighted by atomic mass is 16.7. The molecule has 1 aliphatic heterocycles. The van der Waals surface area contributed by atoms with Gasteiger partial charge in [-0.3, -0.25) is 0 Å². The van der Waals surface area contributed by atoms with Crippen molar-refractivity contribution in [2.75, 3.05) is 0 Å². The number of ether oxygens (including phenoxy) is 2. The SMILES string of the molecule is Cc1ccc(C2(C(=O)Oc3ccccc3)OC23CCCCC3)cc1. The molecule has 2 aliphatic rings. The lowest BCUT2D eigenvalue weighted by Gasteiger charge is -2.23. The summed E-state index contributed by atoms with van der Waals surface area (Å²) in [5, 5.41) is 0. The predicted octanol–water partition coefficient (Wildman–Crippen LogP) is 4.53. The van der Waals surface area contributed by atoms with Gasteiger partial charge in [-0.15, -0.1) is 0 Å². The monoisotopic (exact) mass is 322 g/mol. The van der Waals surface area contributed by atoms with Crippen molar-refractivity contribution in [1.29, 1.82) is 0 Å². The van der Waals surface area contributed by atoms with E-state index in [0.29, 0.717) is 5.75 Å². The summed E-state index contributed by atoms with van der Waals surface area (Å²) in [5.41, 5.74) is 0.753. The molecule has 24 heavy (non-hydrogen) atoms. The number of benzene rings is 2. The summed E-state index contributed by atoms with van der Waals surface area (Å²) in [5.74, 6) is 0.273. The van der Waals surface area contributed by atoms with Crippen molar-refractivity contribution in [1.82, 2.24) is 0 Å². The lowest BCUT2D eigenvalue weighted by molar-refractivity contribution is -0.140. The van der Waals surface area contributed by atoms with Gasteiger partial charge in [-0.2, -0.15) is 0 Å². The quantitative estimate of drug-likeness (QED) is 0.473. The van der Waals surface area contributed by atoms with Gasteiger partial charge in [0.2, 0.25) is 5.60 Å². The molecule has 1 spiro atoms. The fraction of sp³-hybridized carbons (Fsp3) is 0.381. The van der Waals surface area contributed by atoms with Crippen molar-refractivity contribution in [3.63, 3.8) is 0 Å². The minimum absolute atomic E-state index is 0.292. The van der Waals surface area contributed by atoms with E-state index in [4.69, 9.17) is 9.47 Å². The van der Waals surface area contributed by atoms with E-state index < -0.39 is 5.60 Å². The van der Waals surface area contributed by atoms with Gasteiger partial charge in [0.25, 0.3) is 0 Å². The van der Waals surface area contributed by atoms with Crippen LogP contribution in [0.2, 0.25) is 0 Å². The van der Waals surface area contributed by atoms with Gasteiger partial charge < -0.3 is 9.47 Å². The number of epoxide rings is 1. The smallest absolute Gasteiger partial charge is 0.351 e. The fourth-order valence-electron chi connectivity index (χ4n) is 3.97. The Morgan fingerprint density at radius 3 is 2.29 bits per heavy atom. The van der Waals surface area contributed by atoms with E-state index in [1.54, 1.807) is 12.1 Å². The Labute approximate surface area is 142 Å². The molecular formula is C21H22O3. The summed E-state index contributed by atoms with van der Waals surface area (Å²) in [4.78, 5) is 13.1. The molecular weight excluding hydrogens is 300 g/mol. The molecule has 1 atom stereocenters. The molecule has 0 bridgehead atoms. The summed E-state index contributed by atoms with van der Waals surface area (Å²) >= 11 is 0. The summed E-state index contributed by atoms with van der Waals surface area (Å²) in [6.07, 6.45) is 5.26. The van der Waals surface area contributed by atoms with E-state index in [9.17, 15) is 4.79 Å². The lowest BCUT2D eigenvalue weighted by Crippen LogP contribution is -2.36. The Morgan fingerprint density at radius 2 is 1.62 bits per heavy atom. The Balaban J connectivity index is 1.69. The summed E-state index contributed by atoms with van der Waals surface area (Å²) in [7, 11) is 0. The molecule has 1 saturated carbocycles. The molecule has 3 nitrogen and oxygen atoms in total. The molecule has 0 aromatic heterocycles. The van der Waals surface area contributed by atoms with Crippen LogP contribution in [0.3, 0.4) is 0 Å². The van der Waals surface area contributed by atoms with Gasteiger partial charge in [-0.25, -0.2) is 4.79 Å². The number of aryl methyl sites for hydroxylation is 1. The van der Waals surface area contributed by atoms with Crippen LogP contribution in [-0.2, 0) is 15.1 Å². The molecule has 124 valence electrons. The molecule has 2 fully saturated rings. The van der Waals surface area contributed by atoms with Crippen LogP contribution in [0, 0.1) is 6.92 Å². The van der Waals surface area contributed by atoms with Gasteiger partial charge >= 0.3 is 5.97 Å². The molecule has 1 saturated heterocycles. The number of carbonyl (C=O) groups is 1. The first kappa shape index (κ1) is 15.4. The average molecular weight is 322 g/mol. The van der Waals surface area contributed by atoms with Crippen LogP contribution in [0.15, 0.2) is 54.6 Å². The standard InChI is InChI=1S/C21H22O3/c1-16-10-12-17(13-11-16)21(20(24-21)14-6-3-7-15-20)19(22)23-18-8-4-2-5-9-18/h2,4-5,8-13H,3,6-7,14-15H2,1H3. The molecule has 2 aromatic carbocycles. The van der Waals surface area contributed by atoms with Crippen LogP contribution in [0.25, 0.3) is 0 Å². The highest BCUT2D eigenvalue weighted by molar-refractivity contribution is 5.88. The maximum absolute atomic E-state index is 13.1. The molecule has 0 radical (unpaired) electrons. The van der Waals surface area contributed by atoms with Crippen LogP contribution >= 0.6 is 0 Å². The Kier molecular flexibility index (Phi) is 3.69. The van der Waals surface area contributed by atoms with Gasteiger partial charge in [-0.05, 0) is 37.5 Å². The number of carbonyl (C=O) groups excluding carboxylic acids is 1. The zero-order valence-corrected chi connectivity index (χ0v) is 14.0. The molecule has 2 aromatic rings. The van der Waals surface area contributed by atoms with E-state index in [2.05, 4.69) is 0 Å². The first-order valence-electron chi connectivity index (χ1n) is 8.71. The first-order chi connectivity index (χ1) is 11.7. The maximum atomic E-state index is 13.1. The van der Waals surface area contributed by atoms with Crippen molar-refractivity contribution in [2.45, 2.75) is 50.2 Å². The third-order valence-corrected chi connectivity index (χ3v) is 5.31. The molecule has 4 rings (SSSR count). The van der Waals surface area contributed by atoms with E-state index in [1.165, 1.54) is 12.0 Å². The summed E-state index contributed by atoms with van der Waals surface area (Å²) < 4.78 is 11.9. The molecule has 1 aliphatic carbocycles. The maximum Gasteiger partial charge on any atom is 0.351 e.